The van der Waals surface area contributed by atoms with Crippen LogP contribution < -0.4 is 5.73 Å². The zero-order chi connectivity index (χ0) is 11.4. The molecule has 0 spiro atoms. The topological polar surface area (TPSA) is 54.7 Å². The number of benzene rings is 1. The minimum absolute atomic E-state index is 0.660. The molecule has 0 aliphatic carbocycles. The third-order valence-electron chi connectivity index (χ3n) is 2.12. The van der Waals surface area contributed by atoms with Gasteiger partial charge in [-0.25, -0.2) is 4.98 Å². The molecule has 0 saturated carbocycles. The van der Waals surface area contributed by atoms with Crippen molar-refractivity contribution in [2.75, 3.05) is 6.54 Å². The van der Waals surface area contributed by atoms with Crippen molar-refractivity contribution in [3.05, 3.63) is 40.6 Å². The fourth-order valence-electron chi connectivity index (χ4n) is 1.40. The predicted octanol–water partition coefficient (Wildman–Crippen LogP) is 2.82. The molecule has 84 valence electrons. The van der Waals surface area contributed by atoms with Crippen molar-refractivity contribution in [1.82, 2.24) is 9.97 Å². The molecule has 0 fully saturated rings. The van der Waals surface area contributed by atoms with Crippen LogP contribution in [0.3, 0.4) is 0 Å². The van der Waals surface area contributed by atoms with Crippen LogP contribution in [0.5, 0.6) is 0 Å². The molecule has 0 bridgehead atoms. The van der Waals surface area contributed by atoms with Gasteiger partial charge in [-0.15, -0.1) is 0 Å². The Kier molecular flexibility index (Phi) is 4.04. The van der Waals surface area contributed by atoms with Crippen LogP contribution in [0.25, 0.3) is 0 Å². The summed E-state index contributed by atoms with van der Waals surface area (Å²) in [5.41, 5.74) is 6.85. The number of nitrogens with one attached hydrogen (secondary N) is 1. The summed E-state index contributed by atoms with van der Waals surface area (Å²) in [6.45, 7) is 0.660. The van der Waals surface area contributed by atoms with Gasteiger partial charge in [-0.2, -0.15) is 0 Å². The number of rotatable bonds is 4. The van der Waals surface area contributed by atoms with E-state index in [1.165, 1.54) is 10.5 Å². The molecule has 0 saturated heterocycles. The van der Waals surface area contributed by atoms with Gasteiger partial charge in [-0.3, -0.25) is 0 Å². The molecule has 0 atom stereocenters. The number of hydrogen-bond donors (Lipinski definition) is 2. The molecular formula is C11H12BrN3S. The Morgan fingerprint density at radius 2 is 2.31 bits per heavy atom. The highest BCUT2D eigenvalue weighted by molar-refractivity contribution is 9.10. The van der Waals surface area contributed by atoms with Gasteiger partial charge in [0.05, 0.1) is 0 Å². The Hall–Kier alpha value is -0.780. The number of halogens is 1. The van der Waals surface area contributed by atoms with E-state index in [0.717, 1.165) is 16.0 Å². The summed E-state index contributed by atoms with van der Waals surface area (Å²) in [6, 6.07) is 6.23. The second-order valence-electron chi connectivity index (χ2n) is 3.29. The van der Waals surface area contributed by atoms with Crippen molar-refractivity contribution in [3.8, 4) is 0 Å². The van der Waals surface area contributed by atoms with Crippen molar-refractivity contribution in [2.45, 2.75) is 16.5 Å². The van der Waals surface area contributed by atoms with E-state index >= 15 is 0 Å². The number of aromatic nitrogens is 2. The molecular weight excluding hydrogens is 286 g/mol. The van der Waals surface area contributed by atoms with Gasteiger partial charge in [0.15, 0.2) is 5.16 Å². The van der Waals surface area contributed by atoms with Gasteiger partial charge in [-0.05, 0) is 30.7 Å². The lowest BCUT2D eigenvalue weighted by Gasteiger charge is -2.07. The molecule has 3 nitrogen and oxygen atoms in total. The number of hydrogen-bond acceptors (Lipinski definition) is 3. The van der Waals surface area contributed by atoms with E-state index in [4.69, 9.17) is 5.73 Å². The molecule has 1 heterocycles. The number of nitrogens with zero attached hydrogens (tertiary/aromatic N) is 1. The first-order chi connectivity index (χ1) is 7.79. The number of aromatic amines is 1. The molecule has 0 aliphatic heterocycles. The average molecular weight is 298 g/mol. The Balaban J connectivity index is 2.26. The van der Waals surface area contributed by atoms with Crippen molar-refractivity contribution < 1.29 is 0 Å². The van der Waals surface area contributed by atoms with Crippen LogP contribution >= 0.6 is 27.7 Å². The van der Waals surface area contributed by atoms with Gasteiger partial charge in [0.25, 0.3) is 0 Å². The molecule has 1 aromatic carbocycles. The highest BCUT2D eigenvalue weighted by atomic mass is 79.9. The molecule has 2 rings (SSSR count). The van der Waals surface area contributed by atoms with Gasteiger partial charge in [0.2, 0.25) is 0 Å². The monoisotopic (exact) mass is 297 g/mol. The van der Waals surface area contributed by atoms with Crippen LogP contribution in [-0.2, 0) is 6.42 Å². The first kappa shape index (κ1) is 11.7. The average Bonchev–Trinajstić information content (AvgIpc) is 2.75. The summed E-state index contributed by atoms with van der Waals surface area (Å²) in [7, 11) is 0. The van der Waals surface area contributed by atoms with Crippen LogP contribution in [0, 0.1) is 0 Å². The third-order valence-corrected chi connectivity index (χ3v) is 3.63. The predicted molar refractivity (Wildman–Crippen MR) is 69.6 cm³/mol. The second kappa shape index (κ2) is 5.52. The SMILES string of the molecule is NCCc1ccc(Br)cc1Sc1ncc[nH]1. The summed E-state index contributed by atoms with van der Waals surface area (Å²) >= 11 is 5.10. The molecule has 0 amide bonds. The van der Waals surface area contributed by atoms with Gasteiger partial charge in [-0.1, -0.05) is 33.8 Å². The van der Waals surface area contributed by atoms with Crippen molar-refractivity contribution in [2.24, 2.45) is 5.73 Å². The van der Waals surface area contributed by atoms with Crippen molar-refractivity contribution in [3.63, 3.8) is 0 Å². The fraction of sp³-hybridized carbons (Fsp3) is 0.182. The Bertz CT molecular complexity index is 456. The van der Waals surface area contributed by atoms with E-state index in [-0.39, 0.29) is 0 Å². The lowest BCUT2D eigenvalue weighted by molar-refractivity contribution is 0.941. The van der Waals surface area contributed by atoms with Gasteiger partial charge >= 0.3 is 0 Å². The van der Waals surface area contributed by atoms with Crippen LogP contribution in [0.15, 0.2) is 45.1 Å². The maximum Gasteiger partial charge on any atom is 0.170 e. The Morgan fingerprint density at radius 3 is 3.00 bits per heavy atom. The zero-order valence-corrected chi connectivity index (χ0v) is 11.0. The number of H-pyrrole nitrogens is 1. The van der Waals surface area contributed by atoms with Crippen LogP contribution in [-0.4, -0.2) is 16.5 Å². The molecule has 1 aromatic heterocycles. The first-order valence-electron chi connectivity index (χ1n) is 4.95. The standard InChI is InChI=1S/C11H12BrN3S/c12-9-2-1-8(3-4-13)10(7-9)16-11-14-5-6-15-11/h1-2,5-7H,3-4,13H2,(H,14,15). The smallest absolute Gasteiger partial charge is 0.170 e. The van der Waals surface area contributed by atoms with E-state index in [0.29, 0.717) is 6.54 Å². The van der Waals surface area contributed by atoms with Crippen LogP contribution in [0.1, 0.15) is 5.56 Å². The fourth-order valence-corrected chi connectivity index (χ4v) is 2.84. The minimum atomic E-state index is 0.660. The minimum Gasteiger partial charge on any atom is -0.339 e. The first-order valence-corrected chi connectivity index (χ1v) is 6.56. The largest absolute Gasteiger partial charge is 0.339 e. The Morgan fingerprint density at radius 1 is 1.44 bits per heavy atom. The highest BCUT2D eigenvalue weighted by Crippen LogP contribution is 2.30. The van der Waals surface area contributed by atoms with Gasteiger partial charge in [0.1, 0.15) is 0 Å². The van der Waals surface area contributed by atoms with Gasteiger partial charge in [0, 0.05) is 21.8 Å². The van der Waals surface area contributed by atoms with Crippen molar-refractivity contribution in [1.29, 1.82) is 0 Å². The summed E-state index contributed by atoms with van der Waals surface area (Å²) in [5.74, 6) is 0. The Labute approximate surface area is 107 Å². The molecule has 16 heavy (non-hydrogen) atoms. The third kappa shape index (κ3) is 2.87. The molecule has 3 N–H and O–H groups in total. The van der Waals surface area contributed by atoms with Crippen LogP contribution in [0.2, 0.25) is 0 Å². The van der Waals surface area contributed by atoms with Crippen LogP contribution in [0.4, 0.5) is 0 Å². The molecule has 2 aromatic rings. The van der Waals surface area contributed by atoms with Gasteiger partial charge < -0.3 is 10.7 Å². The quantitative estimate of drug-likeness (QED) is 0.912. The number of nitrogens with two attached hydrogens (primary N) is 1. The maximum absolute atomic E-state index is 5.60. The normalized spacial score (nSPS) is 10.6. The summed E-state index contributed by atoms with van der Waals surface area (Å²) in [4.78, 5) is 8.47. The lowest BCUT2D eigenvalue weighted by atomic mass is 10.1. The molecule has 0 radical (unpaired) electrons. The molecule has 0 unspecified atom stereocenters. The maximum atomic E-state index is 5.60. The van der Waals surface area contributed by atoms with E-state index in [1.807, 2.05) is 12.3 Å². The van der Waals surface area contributed by atoms with E-state index < -0.39 is 0 Å². The lowest BCUT2D eigenvalue weighted by Crippen LogP contribution is -2.03. The van der Waals surface area contributed by atoms with Crippen molar-refractivity contribution >= 4 is 27.7 Å². The van der Waals surface area contributed by atoms with E-state index in [2.05, 4.69) is 38.0 Å². The highest BCUT2D eigenvalue weighted by Gasteiger charge is 2.06. The zero-order valence-electron chi connectivity index (χ0n) is 8.61. The molecule has 0 aliphatic rings. The van der Waals surface area contributed by atoms with E-state index in [1.54, 1.807) is 18.0 Å². The summed E-state index contributed by atoms with van der Waals surface area (Å²) < 4.78 is 1.07. The summed E-state index contributed by atoms with van der Waals surface area (Å²) in [6.07, 6.45) is 4.46. The van der Waals surface area contributed by atoms with E-state index in [9.17, 15) is 0 Å². The summed E-state index contributed by atoms with van der Waals surface area (Å²) in [5, 5.41) is 0.899. The second-order valence-corrected chi connectivity index (χ2v) is 5.23. The molecule has 5 heteroatoms. The number of imidazole rings is 1.